The SMILES string of the molecule is Cc1ccc(OC(C)C(=O)NCCCc2ccc(Cl)cc2)cc1C. The first-order valence-corrected chi connectivity index (χ1v) is 8.59. The maximum Gasteiger partial charge on any atom is 0.260 e. The second-order valence-electron chi connectivity index (χ2n) is 6.03. The number of hydrogen-bond acceptors (Lipinski definition) is 2. The predicted octanol–water partition coefficient (Wildman–Crippen LogP) is 4.47. The standard InChI is InChI=1S/C20H24ClNO2/c1-14-6-11-19(13-15(14)2)24-16(3)20(23)22-12-4-5-17-7-9-18(21)10-8-17/h6-11,13,16H,4-5,12H2,1-3H3,(H,22,23). The predicted molar refractivity (Wildman–Crippen MR) is 98.8 cm³/mol. The molecular formula is C20H24ClNO2. The number of halogens is 1. The summed E-state index contributed by atoms with van der Waals surface area (Å²) in [5, 5.41) is 3.66. The van der Waals surface area contributed by atoms with Crippen molar-refractivity contribution in [1.82, 2.24) is 5.32 Å². The molecule has 1 unspecified atom stereocenters. The summed E-state index contributed by atoms with van der Waals surface area (Å²) in [4.78, 5) is 12.1. The van der Waals surface area contributed by atoms with E-state index in [0.29, 0.717) is 6.54 Å². The fourth-order valence-electron chi connectivity index (χ4n) is 2.34. The molecular weight excluding hydrogens is 322 g/mol. The molecule has 2 rings (SSSR count). The lowest BCUT2D eigenvalue weighted by Gasteiger charge is -2.15. The van der Waals surface area contributed by atoms with Crippen LogP contribution in [0.15, 0.2) is 42.5 Å². The number of rotatable bonds is 7. The van der Waals surface area contributed by atoms with E-state index in [-0.39, 0.29) is 5.91 Å². The quantitative estimate of drug-likeness (QED) is 0.752. The summed E-state index contributed by atoms with van der Waals surface area (Å²) in [6.07, 6.45) is 1.27. The Morgan fingerprint density at radius 1 is 1.12 bits per heavy atom. The van der Waals surface area contributed by atoms with Gasteiger partial charge in [-0.3, -0.25) is 4.79 Å². The number of nitrogens with one attached hydrogen (secondary N) is 1. The molecule has 3 nitrogen and oxygen atoms in total. The van der Waals surface area contributed by atoms with Gasteiger partial charge in [0.25, 0.3) is 5.91 Å². The fraction of sp³-hybridized carbons (Fsp3) is 0.350. The average Bonchev–Trinajstić information content (AvgIpc) is 2.56. The number of carbonyl (C=O) groups excluding carboxylic acids is 1. The maximum atomic E-state index is 12.1. The molecule has 4 heteroatoms. The molecule has 0 aliphatic heterocycles. The highest BCUT2D eigenvalue weighted by Gasteiger charge is 2.14. The summed E-state index contributed by atoms with van der Waals surface area (Å²) in [5.74, 6) is 0.631. The van der Waals surface area contributed by atoms with Crippen molar-refractivity contribution in [2.24, 2.45) is 0 Å². The highest BCUT2D eigenvalue weighted by Crippen LogP contribution is 2.17. The number of hydrogen-bond donors (Lipinski definition) is 1. The Kier molecular flexibility index (Phi) is 6.68. The van der Waals surface area contributed by atoms with Gasteiger partial charge < -0.3 is 10.1 Å². The zero-order chi connectivity index (χ0) is 17.5. The summed E-state index contributed by atoms with van der Waals surface area (Å²) < 4.78 is 5.71. The molecule has 0 aromatic heterocycles. The van der Waals surface area contributed by atoms with Crippen LogP contribution < -0.4 is 10.1 Å². The van der Waals surface area contributed by atoms with Crippen molar-refractivity contribution in [1.29, 1.82) is 0 Å². The molecule has 128 valence electrons. The van der Waals surface area contributed by atoms with Crippen LogP contribution in [0.1, 0.15) is 30.0 Å². The Labute approximate surface area is 149 Å². The molecule has 24 heavy (non-hydrogen) atoms. The van der Waals surface area contributed by atoms with E-state index < -0.39 is 6.10 Å². The lowest BCUT2D eigenvalue weighted by Crippen LogP contribution is -2.36. The van der Waals surface area contributed by atoms with E-state index >= 15 is 0 Å². The number of aryl methyl sites for hydroxylation is 3. The Bertz CT molecular complexity index is 683. The zero-order valence-corrected chi connectivity index (χ0v) is 15.2. The lowest BCUT2D eigenvalue weighted by atomic mass is 10.1. The molecule has 0 fully saturated rings. The molecule has 0 spiro atoms. The van der Waals surface area contributed by atoms with Crippen LogP contribution in [-0.4, -0.2) is 18.6 Å². The third kappa shape index (κ3) is 5.57. The minimum atomic E-state index is -0.511. The van der Waals surface area contributed by atoms with Crippen LogP contribution in [0.4, 0.5) is 0 Å². The zero-order valence-electron chi connectivity index (χ0n) is 14.4. The van der Waals surface area contributed by atoms with E-state index in [0.717, 1.165) is 29.2 Å². The minimum Gasteiger partial charge on any atom is -0.481 e. The van der Waals surface area contributed by atoms with Crippen LogP contribution in [0.2, 0.25) is 5.02 Å². The summed E-state index contributed by atoms with van der Waals surface area (Å²) in [6, 6.07) is 13.6. The molecule has 0 bridgehead atoms. The second-order valence-corrected chi connectivity index (χ2v) is 6.46. The van der Waals surface area contributed by atoms with Gasteiger partial charge in [0.15, 0.2) is 6.10 Å². The van der Waals surface area contributed by atoms with Gasteiger partial charge in [-0.1, -0.05) is 29.8 Å². The first-order chi connectivity index (χ1) is 11.5. The molecule has 1 atom stereocenters. The molecule has 1 amide bonds. The van der Waals surface area contributed by atoms with Gasteiger partial charge in [-0.05, 0) is 74.6 Å². The van der Waals surface area contributed by atoms with Gasteiger partial charge >= 0.3 is 0 Å². The maximum absolute atomic E-state index is 12.1. The van der Waals surface area contributed by atoms with Crippen molar-refractivity contribution < 1.29 is 9.53 Å². The van der Waals surface area contributed by atoms with Crippen LogP contribution in [0.5, 0.6) is 5.75 Å². The van der Waals surface area contributed by atoms with Gasteiger partial charge in [-0.2, -0.15) is 0 Å². The molecule has 2 aromatic rings. The van der Waals surface area contributed by atoms with Gasteiger partial charge in [0.1, 0.15) is 5.75 Å². The topological polar surface area (TPSA) is 38.3 Å². The molecule has 0 heterocycles. The van der Waals surface area contributed by atoms with Crippen LogP contribution in [0, 0.1) is 13.8 Å². The monoisotopic (exact) mass is 345 g/mol. The summed E-state index contributed by atoms with van der Waals surface area (Å²) in [5.41, 5.74) is 3.58. The summed E-state index contributed by atoms with van der Waals surface area (Å²) in [7, 11) is 0. The third-order valence-electron chi connectivity index (χ3n) is 4.02. The third-order valence-corrected chi connectivity index (χ3v) is 4.27. The smallest absolute Gasteiger partial charge is 0.260 e. The van der Waals surface area contributed by atoms with Crippen molar-refractivity contribution in [3.8, 4) is 5.75 Å². The summed E-state index contributed by atoms with van der Waals surface area (Å²) >= 11 is 5.86. The van der Waals surface area contributed by atoms with E-state index in [2.05, 4.69) is 12.2 Å². The van der Waals surface area contributed by atoms with Crippen molar-refractivity contribution in [3.05, 3.63) is 64.2 Å². The van der Waals surface area contributed by atoms with E-state index in [1.807, 2.05) is 49.4 Å². The molecule has 0 aliphatic rings. The Hall–Kier alpha value is -2.00. The normalized spacial score (nSPS) is 11.8. The highest BCUT2D eigenvalue weighted by atomic mass is 35.5. The van der Waals surface area contributed by atoms with Gasteiger partial charge in [-0.15, -0.1) is 0 Å². The van der Waals surface area contributed by atoms with Crippen molar-refractivity contribution >= 4 is 17.5 Å². The average molecular weight is 346 g/mol. The Balaban J connectivity index is 1.73. The molecule has 0 aliphatic carbocycles. The van der Waals surface area contributed by atoms with Crippen molar-refractivity contribution in [2.75, 3.05) is 6.54 Å². The number of ether oxygens (including phenoxy) is 1. The van der Waals surface area contributed by atoms with Gasteiger partial charge in [-0.25, -0.2) is 0 Å². The first-order valence-electron chi connectivity index (χ1n) is 8.22. The Morgan fingerprint density at radius 2 is 1.83 bits per heavy atom. The van der Waals surface area contributed by atoms with E-state index in [1.165, 1.54) is 11.1 Å². The molecule has 0 radical (unpaired) electrons. The number of benzene rings is 2. The molecule has 0 saturated heterocycles. The summed E-state index contributed by atoms with van der Waals surface area (Å²) in [6.45, 7) is 6.48. The van der Waals surface area contributed by atoms with Gasteiger partial charge in [0.05, 0.1) is 0 Å². The minimum absolute atomic E-state index is 0.0932. The Morgan fingerprint density at radius 3 is 2.50 bits per heavy atom. The van der Waals surface area contributed by atoms with Gasteiger partial charge in [0.2, 0.25) is 0 Å². The largest absolute Gasteiger partial charge is 0.481 e. The first kappa shape index (κ1) is 18.3. The van der Waals surface area contributed by atoms with Crippen LogP contribution in [0.3, 0.4) is 0 Å². The van der Waals surface area contributed by atoms with E-state index in [1.54, 1.807) is 6.92 Å². The van der Waals surface area contributed by atoms with Gasteiger partial charge in [0, 0.05) is 11.6 Å². The van der Waals surface area contributed by atoms with E-state index in [4.69, 9.17) is 16.3 Å². The number of carbonyl (C=O) groups is 1. The lowest BCUT2D eigenvalue weighted by molar-refractivity contribution is -0.127. The molecule has 1 N–H and O–H groups in total. The molecule has 2 aromatic carbocycles. The van der Waals surface area contributed by atoms with Crippen LogP contribution >= 0.6 is 11.6 Å². The second kappa shape index (κ2) is 8.74. The van der Waals surface area contributed by atoms with Crippen LogP contribution in [-0.2, 0) is 11.2 Å². The van der Waals surface area contributed by atoms with Crippen molar-refractivity contribution in [3.63, 3.8) is 0 Å². The van der Waals surface area contributed by atoms with E-state index in [9.17, 15) is 4.79 Å². The number of amides is 1. The van der Waals surface area contributed by atoms with Crippen molar-refractivity contribution in [2.45, 2.75) is 39.7 Å². The fourth-order valence-corrected chi connectivity index (χ4v) is 2.47. The van der Waals surface area contributed by atoms with Crippen LogP contribution in [0.25, 0.3) is 0 Å². The molecule has 0 saturated carbocycles. The highest BCUT2D eigenvalue weighted by molar-refractivity contribution is 6.30.